The summed E-state index contributed by atoms with van der Waals surface area (Å²) in [6.07, 6.45) is 1.69. The van der Waals surface area contributed by atoms with Gasteiger partial charge < -0.3 is 16.0 Å². The van der Waals surface area contributed by atoms with E-state index in [2.05, 4.69) is 31.1 Å². The minimum Gasteiger partial charge on any atom is -0.367 e. The Kier molecular flexibility index (Phi) is 6.21. The van der Waals surface area contributed by atoms with E-state index < -0.39 is 0 Å². The van der Waals surface area contributed by atoms with Gasteiger partial charge in [0.05, 0.1) is 9.90 Å². The molecule has 0 fully saturated rings. The third-order valence-electron chi connectivity index (χ3n) is 3.20. The molecule has 3 aromatic heterocycles. The fourth-order valence-corrected chi connectivity index (χ4v) is 3.48. The van der Waals surface area contributed by atoms with Crippen molar-refractivity contribution in [1.82, 2.24) is 20.5 Å². The Balaban J connectivity index is 1.43. The van der Waals surface area contributed by atoms with Crippen LogP contribution in [0.2, 0.25) is 8.67 Å². The topological polar surface area (TPSA) is 91.8 Å². The van der Waals surface area contributed by atoms with Gasteiger partial charge in [-0.2, -0.15) is 0 Å². The third kappa shape index (κ3) is 5.04. The predicted molar refractivity (Wildman–Crippen MR) is 105 cm³/mol. The van der Waals surface area contributed by atoms with E-state index in [4.69, 9.17) is 23.2 Å². The summed E-state index contributed by atoms with van der Waals surface area (Å²) in [7, 11) is 0. The summed E-state index contributed by atoms with van der Waals surface area (Å²) in [5.41, 5.74) is 0.381. The average molecular weight is 409 g/mol. The van der Waals surface area contributed by atoms with Crippen molar-refractivity contribution in [3.05, 3.63) is 56.8 Å². The molecule has 0 radical (unpaired) electrons. The van der Waals surface area contributed by atoms with Gasteiger partial charge in [-0.3, -0.25) is 4.79 Å². The molecule has 0 saturated carbocycles. The van der Waals surface area contributed by atoms with Gasteiger partial charge in [0.1, 0.15) is 16.0 Å². The average Bonchev–Trinajstić information content (AvgIpc) is 2.99. The van der Waals surface area contributed by atoms with Crippen molar-refractivity contribution in [3.8, 4) is 0 Å². The van der Waals surface area contributed by atoms with Gasteiger partial charge in [0, 0.05) is 19.3 Å². The second kappa shape index (κ2) is 8.79. The fraction of sp³-hybridized carbons (Fsp3) is 0.125. The van der Waals surface area contributed by atoms with Gasteiger partial charge in [-0.15, -0.1) is 21.5 Å². The number of halogens is 2. The molecule has 0 unspecified atom stereocenters. The lowest BCUT2D eigenvalue weighted by molar-refractivity contribution is 0.0956. The molecule has 3 aromatic rings. The SMILES string of the molecule is O=C(NCCNc1ccc(Nc2ccccn2)nn1)c1cc(Cl)sc1Cl. The van der Waals surface area contributed by atoms with Gasteiger partial charge in [-0.1, -0.05) is 29.3 Å². The summed E-state index contributed by atoms with van der Waals surface area (Å²) < 4.78 is 0.857. The van der Waals surface area contributed by atoms with Crippen molar-refractivity contribution in [1.29, 1.82) is 0 Å². The fourth-order valence-electron chi connectivity index (χ4n) is 2.02. The predicted octanol–water partition coefficient (Wildman–Crippen LogP) is 3.83. The zero-order valence-corrected chi connectivity index (χ0v) is 15.7. The second-order valence-corrected chi connectivity index (χ2v) is 7.35. The van der Waals surface area contributed by atoms with Crippen molar-refractivity contribution in [2.45, 2.75) is 0 Å². The summed E-state index contributed by atoms with van der Waals surface area (Å²) in [5.74, 6) is 1.62. The van der Waals surface area contributed by atoms with E-state index in [1.807, 2.05) is 18.2 Å². The van der Waals surface area contributed by atoms with Crippen LogP contribution in [0.1, 0.15) is 10.4 Å². The number of nitrogens with zero attached hydrogens (tertiary/aromatic N) is 3. The van der Waals surface area contributed by atoms with Crippen molar-refractivity contribution in [2.75, 3.05) is 23.7 Å². The maximum atomic E-state index is 12.0. The Hall–Kier alpha value is -2.42. The van der Waals surface area contributed by atoms with Crippen LogP contribution in [0.25, 0.3) is 0 Å². The summed E-state index contributed by atoms with van der Waals surface area (Å²) in [4.78, 5) is 16.1. The lowest BCUT2D eigenvalue weighted by atomic mass is 10.3. The van der Waals surface area contributed by atoms with Crippen LogP contribution < -0.4 is 16.0 Å². The van der Waals surface area contributed by atoms with E-state index in [-0.39, 0.29) is 5.91 Å². The van der Waals surface area contributed by atoms with Crippen LogP contribution >= 0.6 is 34.5 Å². The van der Waals surface area contributed by atoms with E-state index >= 15 is 0 Å². The molecule has 134 valence electrons. The van der Waals surface area contributed by atoms with Gasteiger partial charge in [-0.05, 0) is 30.3 Å². The quantitative estimate of drug-likeness (QED) is 0.514. The van der Waals surface area contributed by atoms with Crippen molar-refractivity contribution in [3.63, 3.8) is 0 Å². The van der Waals surface area contributed by atoms with Crippen LogP contribution in [0, 0.1) is 0 Å². The Morgan fingerprint density at radius 1 is 1.04 bits per heavy atom. The standard InChI is InChI=1S/C16H14Cl2N6OS/c17-11-9-10(15(18)26-11)16(25)21-8-7-20-13-4-5-14(24-23-13)22-12-3-1-2-6-19-12/h1-6,9H,7-8H2,(H,20,23)(H,21,25)(H,19,22,24). The first-order chi connectivity index (χ1) is 12.6. The Morgan fingerprint density at radius 3 is 2.50 bits per heavy atom. The molecule has 0 atom stereocenters. The van der Waals surface area contributed by atoms with E-state index in [0.717, 1.165) is 11.3 Å². The number of hydrogen-bond donors (Lipinski definition) is 3. The van der Waals surface area contributed by atoms with Crippen molar-refractivity contribution < 1.29 is 4.79 Å². The number of pyridine rings is 1. The smallest absolute Gasteiger partial charge is 0.253 e. The highest BCUT2D eigenvalue weighted by Crippen LogP contribution is 2.30. The van der Waals surface area contributed by atoms with Gasteiger partial charge in [0.15, 0.2) is 5.82 Å². The number of carbonyl (C=O) groups excluding carboxylic acids is 1. The van der Waals surface area contributed by atoms with Gasteiger partial charge >= 0.3 is 0 Å². The summed E-state index contributed by atoms with van der Waals surface area (Å²) in [6.45, 7) is 0.890. The largest absolute Gasteiger partial charge is 0.367 e. The van der Waals surface area contributed by atoms with E-state index in [0.29, 0.717) is 44.8 Å². The number of hydrogen-bond acceptors (Lipinski definition) is 7. The molecule has 1 amide bonds. The molecule has 0 spiro atoms. The molecule has 0 aliphatic rings. The first-order valence-corrected chi connectivity index (χ1v) is 9.18. The van der Waals surface area contributed by atoms with Crippen molar-refractivity contribution >= 4 is 57.9 Å². The highest BCUT2D eigenvalue weighted by Gasteiger charge is 2.13. The van der Waals surface area contributed by atoms with Crippen LogP contribution in [0.3, 0.4) is 0 Å². The third-order valence-corrected chi connectivity index (χ3v) is 4.69. The van der Waals surface area contributed by atoms with E-state index in [9.17, 15) is 4.79 Å². The monoisotopic (exact) mass is 408 g/mol. The van der Waals surface area contributed by atoms with Crippen LogP contribution in [0.4, 0.5) is 17.5 Å². The maximum Gasteiger partial charge on any atom is 0.253 e. The zero-order valence-electron chi connectivity index (χ0n) is 13.4. The molecule has 3 heterocycles. The molecular formula is C16H14Cl2N6OS. The molecular weight excluding hydrogens is 395 g/mol. The number of aromatic nitrogens is 3. The minimum atomic E-state index is -0.263. The second-order valence-electron chi connectivity index (χ2n) is 5.06. The summed E-state index contributed by atoms with van der Waals surface area (Å²) in [5, 5.41) is 17.0. The molecule has 3 N–H and O–H groups in total. The highest BCUT2D eigenvalue weighted by atomic mass is 35.5. The Bertz CT molecular complexity index is 872. The first kappa shape index (κ1) is 18.4. The Labute approximate surface area is 163 Å². The number of carbonyl (C=O) groups is 1. The van der Waals surface area contributed by atoms with Gasteiger partial charge in [-0.25, -0.2) is 4.98 Å². The number of thiophene rings is 1. The van der Waals surface area contributed by atoms with Crippen molar-refractivity contribution in [2.24, 2.45) is 0 Å². The molecule has 10 heteroatoms. The van der Waals surface area contributed by atoms with E-state index in [1.165, 1.54) is 0 Å². The van der Waals surface area contributed by atoms with E-state index in [1.54, 1.807) is 24.4 Å². The molecule has 0 saturated heterocycles. The van der Waals surface area contributed by atoms with Crippen LogP contribution in [-0.4, -0.2) is 34.2 Å². The number of amides is 1. The number of nitrogens with one attached hydrogen (secondary N) is 3. The molecule has 0 aliphatic heterocycles. The van der Waals surface area contributed by atoms with Gasteiger partial charge in [0.2, 0.25) is 0 Å². The summed E-state index contributed by atoms with van der Waals surface area (Å²) in [6, 6.07) is 10.7. The van der Waals surface area contributed by atoms with Gasteiger partial charge in [0.25, 0.3) is 5.91 Å². The summed E-state index contributed by atoms with van der Waals surface area (Å²) >= 11 is 12.9. The number of rotatable bonds is 7. The maximum absolute atomic E-state index is 12.0. The first-order valence-electron chi connectivity index (χ1n) is 7.60. The molecule has 0 aliphatic carbocycles. The zero-order chi connectivity index (χ0) is 18.4. The molecule has 0 bridgehead atoms. The Morgan fingerprint density at radius 2 is 1.85 bits per heavy atom. The molecule has 26 heavy (non-hydrogen) atoms. The molecule has 7 nitrogen and oxygen atoms in total. The van der Waals surface area contributed by atoms with Crippen LogP contribution in [0.15, 0.2) is 42.6 Å². The number of anilines is 3. The molecule has 3 rings (SSSR count). The normalized spacial score (nSPS) is 10.4. The lowest BCUT2D eigenvalue weighted by Gasteiger charge is -2.08. The minimum absolute atomic E-state index is 0.263. The highest BCUT2D eigenvalue weighted by molar-refractivity contribution is 7.20. The van der Waals surface area contributed by atoms with Crippen LogP contribution in [0.5, 0.6) is 0 Å². The lowest BCUT2D eigenvalue weighted by Crippen LogP contribution is -2.28. The van der Waals surface area contributed by atoms with Crippen LogP contribution in [-0.2, 0) is 0 Å². The molecule has 0 aromatic carbocycles.